The van der Waals surface area contributed by atoms with E-state index in [1.807, 2.05) is 18.2 Å². The Balaban J connectivity index is 2.40. The Bertz CT molecular complexity index is 391. The number of hydrogen-bond acceptors (Lipinski definition) is 4. The predicted octanol–water partition coefficient (Wildman–Crippen LogP) is 1.81. The zero-order chi connectivity index (χ0) is 13.4. The number of benzene rings is 1. The molecule has 0 saturated carbocycles. The molecule has 0 aliphatic carbocycles. The normalized spacial score (nSPS) is 10.2. The van der Waals surface area contributed by atoms with Crippen molar-refractivity contribution in [1.82, 2.24) is 5.32 Å². The summed E-state index contributed by atoms with van der Waals surface area (Å²) in [6.45, 7) is 3.20. The van der Waals surface area contributed by atoms with E-state index in [-0.39, 0.29) is 5.78 Å². The molecule has 4 heteroatoms. The topological polar surface area (TPSA) is 47.6 Å². The maximum atomic E-state index is 10.8. The summed E-state index contributed by atoms with van der Waals surface area (Å²) in [4.78, 5) is 10.8. The molecule has 0 bridgehead atoms. The van der Waals surface area contributed by atoms with Gasteiger partial charge in [0.1, 0.15) is 5.78 Å². The largest absolute Gasteiger partial charge is 0.493 e. The van der Waals surface area contributed by atoms with Crippen molar-refractivity contribution in [1.29, 1.82) is 0 Å². The van der Waals surface area contributed by atoms with Crippen molar-refractivity contribution in [3.8, 4) is 11.5 Å². The molecule has 1 rings (SSSR count). The summed E-state index contributed by atoms with van der Waals surface area (Å²) in [6.07, 6.45) is 1.49. The van der Waals surface area contributed by atoms with Crippen molar-refractivity contribution in [2.24, 2.45) is 0 Å². The molecule has 0 aliphatic heterocycles. The summed E-state index contributed by atoms with van der Waals surface area (Å²) in [5, 5.41) is 3.24. The molecule has 1 aromatic rings. The minimum atomic E-state index is 0.216. The van der Waals surface area contributed by atoms with Gasteiger partial charge in [0.05, 0.1) is 14.2 Å². The van der Waals surface area contributed by atoms with E-state index in [2.05, 4.69) is 5.32 Å². The number of methoxy groups -OCH3 is 2. The predicted molar refractivity (Wildman–Crippen MR) is 71.4 cm³/mol. The van der Waals surface area contributed by atoms with E-state index in [9.17, 15) is 4.79 Å². The summed E-state index contributed by atoms with van der Waals surface area (Å²) in [5.74, 6) is 1.71. The molecule has 0 saturated heterocycles. The zero-order valence-corrected chi connectivity index (χ0v) is 11.3. The average molecular weight is 251 g/mol. The third kappa shape index (κ3) is 4.75. The quantitative estimate of drug-likeness (QED) is 0.716. The number of Topliss-reactive ketones (excluding diaryl/α,β-unsaturated/α-hetero) is 1. The molecule has 0 unspecified atom stereocenters. The summed E-state index contributed by atoms with van der Waals surface area (Å²) in [5.41, 5.74) is 1.18. The van der Waals surface area contributed by atoms with Gasteiger partial charge in [-0.3, -0.25) is 4.79 Å². The molecule has 4 nitrogen and oxygen atoms in total. The van der Waals surface area contributed by atoms with E-state index >= 15 is 0 Å². The number of ether oxygens (including phenoxy) is 2. The number of ketones is 1. The first kappa shape index (κ1) is 14.5. The van der Waals surface area contributed by atoms with Crippen molar-refractivity contribution in [2.75, 3.05) is 27.3 Å². The van der Waals surface area contributed by atoms with Gasteiger partial charge in [0, 0.05) is 13.0 Å². The lowest BCUT2D eigenvalue weighted by Crippen LogP contribution is -2.20. The van der Waals surface area contributed by atoms with E-state index in [1.165, 1.54) is 5.56 Å². The highest BCUT2D eigenvalue weighted by Gasteiger charge is 2.04. The van der Waals surface area contributed by atoms with Crippen LogP contribution in [0.25, 0.3) is 0 Å². The Morgan fingerprint density at radius 2 is 1.89 bits per heavy atom. The van der Waals surface area contributed by atoms with E-state index in [0.717, 1.165) is 31.0 Å². The minimum absolute atomic E-state index is 0.216. The van der Waals surface area contributed by atoms with Crippen LogP contribution in [0.5, 0.6) is 11.5 Å². The minimum Gasteiger partial charge on any atom is -0.493 e. The molecular formula is C14H21NO3. The highest BCUT2D eigenvalue weighted by atomic mass is 16.5. The molecule has 0 spiro atoms. The molecule has 0 amide bonds. The first-order valence-corrected chi connectivity index (χ1v) is 6.08. The highest BCUT2D eigenvalue weighted by Crippen LogP contribution is 2.27. The molecule has 100 valence electrons. The van der Waals surface area contributed by atoms with Crippen LogP contribution in [0.1, 0.15) is 18.9 Å². The third-order valence-electron chi connectivity index (χ3n) is 2.69. The number of hydrogen-bond donors (Lipinski definition) is 1. The van der Waals surface area contributed by atoms with Gasteiger partial charge in [-0.2, -0.15) is 0 Å². The first-order chi connectivity index (χ1) is 8.67. The molecule has 1 N–H and O–H groups in total. The van der Waals surface area contributed by atoms with Crippen LogP contribution in [-0.2, 0) is 11.2 Å². The monoisotopic (exact) mass is 251 g/mol. The second-order valence-electron chi connectivity index (χ2n) is 4.14. The molecular weight excluding hydrogens is 230 g/mol. The third-order valence-corrected chi connectivity index (χ3v) is 2.69. The number of nitrogens with one attached hydrogen (secondary N) is 1. The van der Waals surface area contributed by atoms with Gasteiger partial charge in [0.25, 0.3) is 0 Å². The SMILES string of the molecule is COc1ccc(CCNCCC(C)=O)cc1OC. The van der Waals surface area contributed by atoms with Gasteiger partial charge in [-0.25, -0.2) is 0 Å². The maximum Gasteiger partial charge on any atom is 0.160 e. The Hall–Kier alpha value is -1.55. The fraction of sp³-hybridized carbons (Fsp3) is 0.500. The molecule has 0 aliphatic rings. The van der Waals surface area contributed by atoms with Crippen LogP contribution >= 0.6 is 0 Å². The fourth-order valence-electron chi connectivity index (χ4n) is 1.66. The standard InChI is InChI=1S/C14H21NO3/c1-11(16)6-8-15-9-7-12-4-5-13(17-2)14(10-12)18-3/h4-5,10,15H,6-9H2,1-3H3. The molecule has 0 fully saturated rings. The maximum absolute atomic E-state index is 10.8. The van der Waals surface area contributed by atoms with Gasteiger partial charge < -0.3 is 14.8 Å². The molecule has 0 atom stereocenters. The summed E-state index contributed by atoms with van der Waals surface area (Å²) in [6, 6.07) is 5.91. The number of rotatable bonds is 8. The van der Waals surface area contributed by atoms with Crippen molar-refractivity contribution >= 4 is 5.78 Å². The van der Waals surface area contributed by atoms with Gasteiger partial charge in [-0.1, -0.05) is 6.07 Å². The van der Waals surface area contributed by atoms with Gasteiger partial charge in [0.15, 0.2) is 11.5 Å². The zero-order valence-electron chi connectivity index (χ0n) is 11.3. The van der Waals surface area contributed by atoms with E-state index < -0.39 is 0 Å². The van der Waals surface area contributed by atoms with E-state index in [1.54, 1.807) is 21.1 Å². The van der Waals surface area contributed by atoms with Gasteiger partial charge in [0.2, 0.25) is 0 Å². The van der Waals surface area contributed by atoms with Crippen LogP contribution in [0.4, 0.5) is 0 Å². The van der Waals surface area contributed by atoms with Crippen LogP contribution in [0, 0.1) is 0 Å². The van der Waals surface area contributed by atoms with Crippen molar-refractivity contribution < 1.29 is 14.3 Å². The molecule has 18 heavy (non-hydrogen) atoms. The summed E-state index contributed by atoms with van der Waals surface area (Å²) in [7, 11) is 3.26. The van der Waals surface area contributed by atoms with Crippen LogP contribution in [0.2, 0.25) is 0 Å². The Morgan fingerprint density at radius 3 is 2.50 bits per heavy atom. The van der Waals surface area contributed by atoms with Crippen molar-refractivity contribution in [3.63, 3.8) is 0 Å². The van der Waals surface area contributed by atoms with Crippen molar-refractivity contribution in [3.05, 3.63) is 23.8 Å². The second kappa shape index (κ2) is 7.71. The smallest absolute Gasteiger partial charge is 0.160 e. The molecule has 0 aromatic heterocycles. The van der Waals surface area contributed by atoms with Crippen LogP contribution in [0.15, 0.2) is 18.2 Å². The van der Waals surface area contributed by atoms with E-state index in [0.29, 0.717) is 6.42 Å². The Labute approximate surface area is 108 Å². The molecule has 1 aromatic carbocycles. The van der Waals surface area contributed by atoms with Crippen molar-refractivity contribution in [2.45, 2.75) is 19.8 Å². The number of carbonyl (C=O) groups is 1. The van der Waals surface area contributed by atoms with Gasteiger partial charge >= 0.3 is 0 Å². The Kier molecular flexibility index (Phi) is 6.22. The van der Waals surface area contributed by atoms with Crippen LogP contribution < -0.4 is 14.8 Å². The molecule has 0 heterocycles. The van der Waals surface area contributed by atoms with Crippen LogP contribution in [-0.4, -0.2) is 33.1 Å². The number of carbonyl (C=O) groups excluding carboxylic acids is 1. The average Bonchev–Trinajstić information content (AvgIpc) is 2.37. The van der Waals surface area contributed by atoms with Crippen LogP contribution in [0.3, 0.4) is 0 Å². The lowest BCUT2D eigenvalue weighted by Gasteiger charge is -2.09. The molecule has 0 radical (unpaired) electrons. The summed E-state index contributed by atoms with van der Waals surface area (Å²) >= 11 is 0. The lowest BCUT2D eigenvalue weighted by atomic mass is 10.1. The summed E-state index contributed by atoms with van der Waals surface area (Å²) < 4.78 is 10.4. The second-order valence-corrected chi connectivity index (χ2v) is 4.14. The lowest BCUT2D eigenvalue weighted by molar-refractivity contribution is -0.116. The fourth-order valence-corrected chi connectivity index (χ4v) is 1.66. The van der Waals surface area contributed by atoms with Gasteiger partial charge in [-0.15, -0.1) is 0 Å². The highest BCUT2D eigenvalue weighted by molar-refractivity contribution is 5.75. The van der Waals surface area contributed by atoms with Gasteiger partial charge in [-0.05, 0) is 37.6 Å². The first-order valence-electron chi connectivity index (χ1n) is 6.08. The Morgan fingerprint density at radius 1 is 1.17 bits per heavy atom. The van der Waals surface area contributed by atoms with E-state index in [4.69, 9.17) is 9.47 Å².